The van der Waals surface area contributed by atoms with E-state index in [-0.39, 0.29) is 55.4 Å². The van der Waals surface area contributed by atoms with Gasteiger partial charge in [-0.2, -0.15) is 0 Å². The average molecular weight is 544 g/mol. The van der Waals surface area contributed by atoms with Gasteiger partial charge in [-0.15, -0.1) is 0 Å². The van der Waals surface area contributed by atoms with Gasteiger partial charge < -0.3 is 34.6 Å². The van der Waals surface area contributed by atoms with Crippen LogP contribution in [0.4, 0.5) is 14.6 Å². The summed E-state index contributed by atoms with van der Waals surface area (Å²) in [5.74, 6) is -1.42. The number of pyridine rings is 2. The Kier molecular flexibility index (Phi) is 7.08. The van der Waals surface area contributed by atoms with Crippen LogP contribution >= 0.6 is 0 Å². The summed E-state index contributed by atoms with van der Waals surface area (Å²) in [6.45, 7) is 0.791. The van der Waals surface area contributed by atoms with Crippen molar-refractivity contribution in [1.82, 2.24) is 9.55 Å². The molecule has 2 aliphatic rings. The highest BCUT2D eigenvalue weighted by Gasteiger charge is 2.41. The zero-order chi connectivity index (χ0) is 27.8. The van der Waals surface area contributed by atoms with E-state index in [1.807, 2.05) is 0 Å². The van der Waals surface area contributed by atoms with Crippen LogP contribution in [-0.4, -0.2) is 66.4 Å². The lowest BCUT2D eigenvalue weighted by atomic mass is 10.1. The van der Waals surface area contributed by atoms with E-state index < -0.39 is 35.0 Å². The Balaban J connectivity index is 1.43. The number of halogens is 2. The minimum atomic E-state index is -1.48. The van der Waals surface area contributed by atoms with Gasteiger partial charge in [-0.05, 0) is 23.8 Å². The summed E-state index contributed by atoms with van der Waals surface area (Å²) >= 11 is 0. The molecule has 13 heteroatoms. The minimum Gasteiger partial charge on any atom is -0.497 e. The van der Waals surface area contributed by atoms with E-state index in [0.29, 0.717) is 17.2 Å². The molecule has 1 saturated heterocycles. The van der Waals surface area contributed by atoms with Crippen molar-refractivity contribution in [2.24, 2.45) is 16.8 Å². The molecule has 0 spiro atoms. The number of nitrogens with zero attached hydrogens (tertiary/aromatic N) is 4. The molecule has 1 aliphatic heterocycles. The molecule has 206 valence electrons. The molecule has 3 atom stereocenters. The number of anilines is 1. The third kappa shape index (κ3) is 5.09. The van der Waals surface area contributed by atoms with Crippen LogP contribution in [0.3, 0.4) is 0 Å². The van der Waals surface area contributed by atoms with Crippen LogP contribution in [0.2, 0.25) is 0 Å². The van der Waals surface area contributed by atoms with Crippen molar-refractivity contribution in [2.75, 3.05) is 38.8 Å². The summed E-state index contributed by atoms with van der Waals surface area (Å²) in [7, 11) is 3.09. The summed E-state index contributed by atoms with van der Waals surface area (Å²) < 4.78 is 41.1. The number of aromatic carboxylic acids is 1. The van der Waals surface area contributed by atoms with Gasteiger partial charge in [0.2, 0.25) is 5.43 Å². The number of fused-ring (bicyclic) bond motifs is 1. The molecule has 2 fully saturated rings. The van der Waals surface area contributed by atoms with Crippen LogP contribution in [0.5, 0.6) is 11.5 Å². The fourth-order valence-corrected chi connectivity index (χ4v) is 4.68. The number of carboxylic acids is 1. The third-order valence-electron chi connectivity index (χ3n) is 6.88. The van der Waals surface area contributed by atoms with Gasteiger partial charge in [0, 0.05) is 37.7 Å². The van der Waals surface area contributed by atoms with E-state index in [2.05, 4.69) is 10.1 Å². The van der Waals surface area contributed by atoms with Gasteiger partial charge in [0.05, 0.1) is 37.9 Å². The van der Waals surface area contributed by atoms with Gasteiger partial charge in [-0.25, -0.2) is 18.6 Å². The number of ether oxygens (including phenoxy) is 2. The lowest BCUT2D eigenvalue weighted by molar-refractivity contribution is 0.0694. The number of aromatic nitrogens is 2. The molecule has 3 N–H and O–H groups in total. The van der Waals surface area contributed by atoms with Crippen molar-refractivity contribution >= 4 is 28.5 Å². The van der Waals surface area contributed by atoms with Crippen LogP contribution in [0.1, 0.15) is 28.4 Å². The number of hydrogen-bond acceptors (Lipinski definition) is 9. The van der Waals surface area contributed by atoms with Crippen LogP contribution < -0.4 is 25.5 Å². The first-order chi connectivity index (χ1) is 18.7. The Morgan fingerprint density at radius 3 is 2.51 bits per heavy atom. The molecule has 0 amide bonds. The lowest BCUT2D eigenvalue weighted by Crippen LogP contribution is -2.26. The van der Waals surface area contributed by atoms with Gasteiger partial charge in [-0.3, -0.25) is 4.79 Å². The zero-order valence-electron chi connectivity index (χ0n) is 21.3. The van der Waals surface area contributed by atoms with Gasteiger partial charge in [0.1, 0.15) is 35.5 Å². The zero-order valence-corrected chi connectivity index (χ0v) is 21.3. The highest BCUT2D eigenvalue weighted by Crippen LogP contribution is 2.40. The van der Waals surface area contributed by atoms with E-state index >= 15 is 4.39 Å². The molecule has 2 aromatic heterocycles. The number of nitrogens with two attached hydrogens (primary N) is 1. The molecule has 1 unspecified atom stereocenters. The van der Waals surface area contributed by atoms with Crippen LogP contribution in [-0.2, 0) is 11.4 Å². The molecule has 39 heavy (non-hydrogen) atoms. The standard InChI is InChI=1S/C26H27F2N5O6/c1-37-15-3-13(4-16(5-15)38-2)12-39-31-21-11-32(9-14(21)8-29)25-20(28)6-17-23(34)18(26(35)36)10-33(24(17)30-25)22-7-19(22)27/h3-6,10,14,19,22H,7-9,11-12,29H2,1-2H3,(H,35,36)/b31-21+/t14?,19-,22+/m0/s1. The molecule has 3 heterocycles. The largest absolute Gasteiger partial charge is 0.497 e. The minimum absolute atomic E-state index is 0.0180. The van der Waals surface area contributed by atoms with Crippen molar-refractivity contribution in [1.29, 1.82) is 0 Å². The fraction of sp³-hybridized carbons (Fsp3) is 0.385. The summed E-state index contributed by atoms with van der Waals surface area (Å²) in [4.78, 5) is 35.9. The summed E-state index contributed by atoms with van der Waals surface area (Å²) in [6.07, 6.45) is 0.0198. The van der Waals surface area contributed by atoms with Crippen LogP contribution in [0.25, 0.3) is 11.0 Å². The molecule has 5 rings (SSSR count). The number of alkyl halides is 1. The quantitative estimate of drug-likeness (QED) is 0.389. The molecule has 0 radical (unpaired) electrons. The lowest BCUT2D eigenvalue weighted by Gasteiger charge is -2.19. The molecule has 3 aromatic rings. The first kappa shape index (κ1) is 26.4. The van der Waals surface area contributed by atoms with Gasteiger partial charge in [-0.1, -0.05) is 5.16 Å². The van der Waals surface area contributed by atoms with Crippen molar-refractivity contribution in [2.45, 2.75) is 25.2 Å². The second-order valence-electron chi connectivity index (χ2n) is 9.46. The van der Waals surface area contributed by atoms with Crippen LogP contribution in [0.15, 0.2) is 40.4 Å². The maximum Gasteiger partial charge on any atom is 0.341 e. The molecule has 1 aromatic carbocycles. The van der Waals surface area contributed by atoms with E-state index in [0.717, 1.165) is 17.8 Å². The second kappa shape index (κ2) is 10.5. The number of oxime groups is 1. The Morgan fingerprint density at radius 1 is 1.23 bits per heavy atom. The molecular formula is C26H27F2N5O6. The summed E-state index contributed by atoms with van der Waals surface area (Å²) in [5.41, 5.74) is 5.87. The number of methoxy groups -OCH3 is 2. The second-order valence-corrected chi connectivity index (χ2v) is 9.46. The van der Waals surface area contributed by atoms with Gasteiger partial charge >= 0.3 is 5.97 Å². The normalized spacial score (nSPS) is 21.4. The molecule has 1 saturated carbocycles. The molecular weight excluding hydrogens is 516 g/mol. The smallest absolute Gasteiger partial charge is 0.341 e. The fourth-order valence-electron chi connectivity index (χ4n) is 4.68. The number of hydrogen-bond donors (Lipinski definition) is 2. The third-order valence-corrected chi connectivity index (χ3v) is 6.88. The van der Waals surface area contributed by atoms with E-state index in [9.17, 15) is 19.1 Å². The highest BCUT2D eigenvalue weighted by molar-refractivity contribution is 5.95. The number of rotatable bonds is 9. The van der Waals surface area contributed by atoms with Gasteiger partial charge in [0.25, 0.3) is 0 Å². The molecule has 1 aliphatic carbocycles. The average Bonchev–Trinajstić information content (AvgIpc) is 3.51. The topological polar surface area (TPSA) is 142 Å². The highest BCUT2D eigenvalue weighted by atomic mass is 19.1. The number of benzene rings is 1. The van der Waals surface area contributed by atoms with Crippen molar-refractivity contribution in [3.8, 4) is 11.5 Å². The summed E-state index contributed by atoms with van der Waals surface area (Å²) in [6, 6.07) is 5.59. The maximum absolute atomic E-state index is 15.3. The Hall–Kier alpha value is -4.26. The van der Waals surface area contributed by atoms with E-state index in [1.165, 1.54) is 4.57 Å². The first-order valence-electron chi connectivity index (χ1n) is 12.2. The number of carboxylic acid groups (broad SMARTS) is 1. The number of carbonyl (C=O) groups is 1. The molecule has 11 nitrogen and oxygen atoms in total. The Bertz CT molecular complexity index is 1500. The van der Waals surface area contributed by atoms with Crippen molar-refractivity contribution < 1.29 is 33.0 Å². The first-order valence-corrected chi connectivity index (χ1v) is 12.2. The molecule has 0 bridgehead atoms. The maximum atomic E-state index is 15.3. The van der Waals surface area contributed by atoms with Gasteiger partial charge in [0.15, 0.2) is 11.6 Å². The van der Waals surface area contributed by atoms with Crippen LogP contribution in [0, 0.1) is 11.7 Å². The van der Waals surface area contributed by atoms with E-state index in [1.54, 1.807) is 37.3 Å². The monoisotopic (exact) mass is 543 g/mol. The SMILES string of the molecule is COc1cc(CO/N=C2\CN(c3nc4c(cc3F)c(=O)c(C(=O)O)cn4[C@@H]3C[C@@H]3F)CC2CN)cc(OC)c1. The Morgan fingerprint density at radius 2 is 1.92 bits per heavy atom. The Labute approximate surface area is 221 Å². The predicted octanol–water partition coefficient (Wildman–Crippen LogP) is 2.50. The van der Waals surface area contributed by atoms with Crippen molar-refractivity contribution in [3.63, 3.8) is 0 Å². The predicted molar refractivity (Wildman–Crippen MR) is 138 cm³/mol. The van der Waals surface area contributed by atoms with Crippen molar-refractivity contribution in [3.05, 3.63) is 57.6 Å². The summed E-state index contributed by atoms with van der Waals surface area (Å²) in [5, 5.41) is 13.4. The van der Waals surface area contributed by atoms with E-state index in [4.69, 9.17) is 20.0 Å².